The van der Waals surface area contributed by atoms with Crippen LogP contribution in [0.1, 0.15) is 5.56 Å². The van der Waals surface area contributed by atoms with Crippen molar-refractivity contribution in [2.45, 2.75) is 0 Å². The van der Waals surface area contributed by atoms with Crippen LogP contribution >= 0.6 is 11.6 Å². The summed E-state index contributed by atoms with van der Waals surface area (Å²) in [4.78, 5) is 13.8. The van der Waals surface area contributed by atoms with E-state index in [0.29, 0.717) is 42.6 Å². The van der Waals surface area contributed by atoms with Crippen molar-refractivity contribution < 1.29 is 9.53 Å². The summed E-state index contributed by atoms with van der Waals surface area (Å²) in [6, 6.07) is 5.04. The molecule has 1 aromatic carbocycles. The molecule has 106 valence electrons. The largest absolute Gasteiger partial charge is 0.378 e. The highest BCUT2D eigenvalue weighted by molar-refractivity contribution is 6.31. The molecule has 1 fully saturated rings. The predicted molar refractivity (Wildman–Crippen MR) is 78.8 cm³/mol. The zero-order valence-corrected chi connectivity index (χ0v) is 11.7. The van der Waals surface area contributed by atoms with Crippen LogP contribution in [0.25, 0.3) is 0 Å². The van der Waals surface area contributed by atoms with E-state index in [1.54, 1.807) is 23.1 Å². The molecule has 0 saturated carbocycles. The van der Waals surface area contributed by atoms with Crippen LogP contribution in [0.3, 0.4) is 0 Å². The maximum Gasteiger partial charge on any atom is 0.322 e. The molecule has 0 spiro atoms. The number of urea groups is 1. The van der Waals surface area contributed by atoms with Crippen molar-refractivity contribution in [3.05, 3.63) is 28.8 Å². The Hall–Kier alpha value is -1.74. The second kappa shape index (κ2) is 7.15. The van der Waals surface area contributed by atoms with Gasteiger partial charge in [-0.25, -0.2) is 4.79 Å². The third-order valence-corrected chi connectivity index (χ3v) is 3.17. The number of morpholine rings is 1. The average molecular weight is 294 g/mol. The standard InChI is InChI=1S/C14H16ClN3O2/c15-13-4-3-12(10-11(13)2-1-5-16)17-14(19)18-6-8-20-9-7-18/h3-4,10H,5-9,16H2,(H,17,19). The molecule has 1 aliphatic heterocycles. The molecule has 3 N–H and O–H groups in total. The molecule has 2 rings (SSSR count). The summed E-state index contributed by atoms with van der Waals surface area (Å²) in [7, 11) is 0. The summed E-state index contributed by atoms with van der Waals surface area (Å²) in [5.41, 5.74) is 6.65. The maximum absolute atomic E-state index is 12.0. The minimum Gasteiger partial charge on any atom is -0.378 e. The molecule has 5 nitrogen and oxygen atoms in total. The van der Waals surface area contributed by atoms with E-state index in [-0.39, 0.29) is 12.6 Å². The number of anilines is 1. The normalized spacial score (nSPS) is 14.4. The fourth-order valence-electron chi connectivity index (χ4n) is 1.81. The van der Waals surface area contributed by atoms with Gasteiger partial charge in [0.25, 0.3) is 0 Å². The van der Waals surface area contributed by atoms with Gasteiger partial charge in [0.1, 0.15) is 0 Å². The van der Waals surface area contributed by atoms with Crippen molar-refractivity contribution >= 4 is 23.3 Å². The number of rotatable bonds is 1. The topological polar surface area (TPSA) is 67.6 Å². The van der Waals surface area contributed by atoms with Crippen LogP contribution in [0, 0.1) is 11.8 Å². The number of nitrogens with two attached hydrogens (primary N) is 1. The van der Waals surface area contributed by atoms with Gasteiger partial charge in [0.15, 0.2) is 0 Å². The predicted octanol–water partition coefficient (Wildman–Crippen LogP) is 1.51. The Labute approximate surface area is 123 Å². The average Bonchev–Trinajstić information content (AvgIpc) is 2.48. The number of nitrogens with one attached hydrogen (secondary N) is 1. The molecule has 0 radical (unpaired) electrons. The Morgan fingerprint density at radius 2 is 2.20 bits per heavy atom. The number of halogens is 1. The molecule has 0 aromatic heterocycles. The van der Waals surface area contributed by atoms with E-state index >= 15 is 0 Å². The van der Waals surface area contributed by atoms with Crippen LogP contribution < -0.4 is 11.1 Å². The highest BCUT2D eigenvalue weighted by Gasteiger charge is 2.16. The Morgan fingerprint density at radius 3 is 2.90 bits per heavy atom. The van der Waals surface area contributed by atoms with Gasteiger partial charge in [0.05, 0.1) is 24.8 Å². The number of nitrogens with zero attached hydrogens (tertiary/aromatic N) is 1. The second-order valence-corrected chi connectivity index (χ2v) is 4.64. The number of hydrogen-bond acceptors (Lipinski definition) is 3. The van der Waals surface area contributed by atoms with Gasteiger partial charge < -0.3 is 20.7 Å². The lowest BCUT2D eigenvalue weighted by Gasteiger charge is -2.26. The summed E-state index contributed by atoms with van der Waals surface area (Å²) in [6.07, 6.45) is 0. The number of carbonyl (C=O) groups is 1. The van der Waals surface area contributed by atoms with E-state index in [2.05, 4.69) is 17.2 Å². The van der Waals surface area contributed by atoms with Crippen LogP contribution in [-0.4, -0.2) is 43.8 Å². The van der Waals surface area contributed by atoms with E-state index in [0.717, 1.165) is 0 Å². The Bertz CT molecular complexity index is 545. The Kier molecular flexibility index (Phi) is 5.24. The van der Waals surface area contributed by atoms with Crippen molar-refractivity contribution in [1.29, 1.82) is 0 Å². The molecule has 1 saturated heterocycles. The van der Waals surface area contributed by atoms with Crippen molar-refractivity contribution in [3.63, 3.8) is 0 Å². The maximum atomic E-state index is 12.0. The zero-order chi connectivity index (χ0) is 14.4. The molecule has 2 amide bonds. The second-order valence-electron chi connectivity index (χ2n) is 4.23. The van der Waals surface area contributed by atoms with Crippen LogP contribution in [0.5, 0.6) is 0 Å². The van der Waals surface area contributed by atoms with E-state index in [4.69, 9.17) is 22.1 Å². The number of carbonyl (C=O) groups excluding carboxylic acids is 1. The molecule has 1 aliphatic rings. The molecule has 0 aliphatic carbocycles. The number of amides is 2. The third-order valence-electron chi connectivity index (χ3n) is 2.84. The summed E-state index contributed by atoms with van der Waals surface area (Å²) in [6.45, 7) is 2.60. The van der Waals surface area contributed by atoms with Crippen molar-refractivity contribution in [1.82, 2.24) is 4.90 Å². The fraction of sp³-hybridized carbons (Fsp3) is 0.357. The Morgan fingerprint density at radius 1 is 1.45 bits per heavy atom. The lowest BCUT2D eigenvalue weighted by molar-refractivity contribution is 0.0564. The van der Waals surface area contributed by atoms with Crippen molar-refractivity contribution in [2.24, 2.45) is 5.73 Å². The van der Waals surface area contributed by atoms with Gasteiger partial charge >= 0.3 is 6.03 Å². The summed E-state index contributed by atoms with van der Waals surface area (Å²) in [5.74, 6) is 5.62. The molecule has 1 heterocycles. The van der Waals surface area contributed by atoms with Crippen LogP contribution in [0.2, 0.25) is 5.02 Å². The van der Waals surface area contributed by atoms with Gasteiger partial charge in [-0.1, -0.05) is 23.4 Å². The molecule has 20 heavy (non-hydrogen) atoms. The summed E-state index contributed by atoms with van der Waals surface area (Å²) in [5, 5.41) is 3.37. The van der Waals surface area contributed by atoms with Crippen LogP contribution in [-0.2, 0) is 4.74 Å². The van der Waals surface area contributed by atoms with Gasteiger partial charge in [-0.3, -0.25) is 0 Å². The molecular formula is C14H16ClN3O2. The fourth-order valence-corrected chi connectivity index (χ4v) is 1.98. The van der Waals surface area contributed by atoms with Gasteiger partial charge in [-0.05, 0) is 18.2 Å². The first-order chi connectivity index (χ1) is 9.70. The number of benzene rings is 1. The highest BCUT2D eigenvalue weighted by Crippen LogP contribution is 2.20. The molecule has 0 atom stereocenters. The van der Waals surface area contributed by atoms with Gasteiger partial charge in [0, 0.05) is 24.3 Å². The lowest BCUT2D eigenvalue weighted by Crippen LogP contribution is -2.43. The van der Waals surface area contributed by atoms with Gasteiger partial charge in [0.2, 0.25) is 0 Å². The minimum atomic E-state index is -0.145. The monoisotopic (exact) mass is 293 g/mol. The first-order valence-corrected chi connectivity index (χ1v) is 6.70. The SMILES string of the molecule is NCC#Cc1cc(NC(=O)N2CCOCC2)ccc1Cl. The quantitative estimate of drug-likeness (QED) is 0.771. The zero-order valence-electron chi connectivity index (χ0n) is 11.0. The lowest BCUT2D eigenvalue weighted by atomic mass is 10.2. The highest BCUT2D eigenvalue weighted by atomic mass is 35.5. The van der Waals surface area contributed by atoms with Crippen molar-refractivity contribution in [2.75, 3.05) is 38.2 Å². The van der Waals surface area contributed by atoms with Gasteiger partial charge in [-0.15, -0.1) is 0 Å². The smallest absolute Gasteiger partial charge is 0.322 e. The summed E-state index contributed by atoms with van der Waals surface area (Å²) < 4.78 is 5.21. The van der Waals surface area contributed by atoms with Crippen LogP contribution in [0.15, 0.2) is 18.2 Å². The molecule has 6 heteroatoms. The summed E-state index contributed by atoms with van der Waals surface area (Å²) >= 11 is 6.03. The molecule has 0 bridgehead atoms. The Balaban J connectivity index is 2.07. The minimum absolute atomic E-state index is 0.145. The molecule has 0 unspecified atom stereocenters. The third kappa shape index (κ3) is 3.87. The molecule has 1 aromatic rings. The number of hydrogen-bond donors (Lipinski definition) is 2. The number of ether oxygens (including phenoxy) is 1. The van der Waals surface area contributed by atoms with Gasteiger partial charge in [-0.2, -0.15) is 0 Å². The van der Waals surface area contributed by atoms with Crippen molar-refractivity contribution in [3.8, 4) is 11.8 Å². The first kappa shape index (κ1) is 14.7. The van der Waals surface area contributed by atoms with E-state index in [1.165, 1.54) is 0 Å². The van der Waals surface area contributed by atoms with E-state index in [9.17, 15) is 4.79 Å². The van der Waals surface area contributed by atoms with E-state index in [1.807, 2.05) is 0 Å². The van der Waals surface area contributed by atoms with Crippen LogP contribution in [0.4, 0.5) is 10.5 Å². The van der Waals surface area contributed by atoms with E-state index < -0.39 is 0 Å². The first-order valence-electron chi connectivity index (χ1n) is 6.33. The molecular weight excluding hydrogens is 278 g/mol.